The summed E-state index contributed by atoms with van der Waals surface area (Å²) in [6.45, 7) is 8.20. The number of benzene rings is 2. The summed E-state index contributed by atoms with van der Waals surface area (Å²) in [7, 11) is 2.86. The normalized spacial score (nSPS) is 19.9. The molecule has 0 saturated carbocycles. The van der Waals surface area contributed by atoms with Crippen LogP contribution in [0.2, 0.25) is 5.02 Å². The predicted octanol–water partition coefficient (Wildman–Crippen LogP) is 5.29. The topological polar surface area (TPSA) is 138 Å². The van der Waals surface area contributed by atoms with Crippen LogP contribution in [0.1, 0.15) is 49.0 Å². The van der Waals surface area contributed by atoms with Gasteiger partial charge in [-0.05, 0) is 56.2 Å². The van der Waals surface area contributed by atoms with Crippen molar-refractivity contribution in [3.05, 3.63) is 92.3 Å². The number of rotatable bonds is 10. The molecule has 6 rings (SSSR count). The first-order valence-corrected chi connectivity index (χ1v) is 18.0. The maximum absolute atomic E-state index is 14.0. The van der Waals surface area contributed by atoms with Gasteiger partial charge in [0.1, 0.15) is 17.5 Å². The number of anilines is 1. The number of aliphatic imine (C=N–C) groups is 1. The number of alkyl carbamates (subject to hydrolysis) is 1. The molecule has 16 heteroatoms. The van der Waals surface area contributed by atoms with Gasteiger partial charge in [-0.2, -0.15) is 0 Å². The number of carbonyl (C=O) groups is 3. The lowest BCUT2D eigenvalue weighted by molar-refractivity contribution is -0.143. The molecule has 3 atom stereocenters. The van der Waals surface area contributed by atoms with Gasteiger partial charge in [-0.1, -0.05) is 29.8 Å². The number of ether oxygens (including phenoxy) is 3. The van der Waals surface area contributed by atoms with Gasteiger partial charge < -0.3 is 29.7 Å². The number of urea groups is 1. The highest BCUT2D eigenvalue weighted by Crippen LogP contribution is 2.37. The van der Waals surface area contributed by atoms with Crippen LogP contribution in [0.25, 0.3) is 0 Å². The largest absolute Gasteiger partial charge is 0.467 e. The van der Waals surface area contributed by atoms with E-state index >= 15 is 0 Å². The lowest BCUT2D eigenvalue weighted by Crippen LogP contribution is -2.53. The molecule has 2 aromatic carbocycles. The van der Waals surface area contributed by atoms with Crippen LogP contribution in [-0.2, 0) is 19.0 Å². The standard InChI is InChI=1S/C36H41ClFN7O6S/c1-36(2,3)51-34(47)42-29(33(46)50-5)21-6-9-23(10-7-21)45-18-24-17-43(13-14-44(24)35(45)48)19-28-26(20-49-4)30(25-11-8-22(38)16-27(25)37)41-31(40-28)32-39-12-15-52-32/h6-12,15-16,24,29-30H,13-14,17-20H2,1-5H3,(H,40,41)(H,42,47)/t24-,29?,30?/m0/s1. The fourth-order valence-corrected chi connectivity index (χ4v) is 7.40. The highest BCUT2D eigenvalue weighted by molar-refractivity contribution is 7.11. The Bertz CT molecular complexity index is 1870. The number of hydrogen-bond donors (Lipinski definition) is 2. The Morgan fingerprint density at radius 2 is 1.90 bits per heavy atom. The van der Waals surface area contributed by atoms with E-state index in [1.54, 1.807) is 69.3 Å². The second-order valence-corrected chi connectivity index (χ2v) is 14.9. The molecule has 0 spiro atoms. The number of halogens is 2. The van der Waals surface area contributed by atoms with Gasteiger partial charge in [0.05, 0.1) is 19.8 Å². The third-order valence-corrected chi connectivity index (χ3v) is 10.00. The maximum atomic E-state index is 14.0. The molecular formula is C36H41ClFN7O6S. The molecule has 52 heavy (non-hydrogen) atoms. The Labute approximate surface area is 310 Å². The number of aromatic nitrogens is 1. The molecule has 2 N–H and O–H groups in total. The van der Waals surface area contributed by atoms with Gasteiger partial charge in [-0.15, -0.1) is 11.3 Å². The molecular weight excluding hydrogens is 713 g/mol. The summed E-state index contributed by atoms with van der Waals surface area (Å²) >= 11 is 8.02. The minimum Gasteiger partial charge on any atom is -0.467 e. The van der Waals surface area contributed by atoms with Crippen LogP contribution in [0.3, 0.4) is 0 Å². The first-order valence-electron chi connectivity index (χ1n) is 16.7. The average molecular weight is 754 g/mol. The molecule has 1 aromatic heterocycles. The summed E-state index contributed by atoms with van der Waals surface area (Å²) in [5.74, 6) is -0.490. The van der Waals surface area contributed by atoms with E-state index in [-0.39, 0.29) is 23.7 Å². The highest BCUT2D eigenvalue weighted by Gasteiger charge is 2.42. The number of amidine groups is 1. The number of hydrogen-bond acceptors (Lipinski definition) is 11. The summed E-state index contributed by atoms with van der Waals surface area (Å²) in [5.41, 5.74) is 2.82. The molecule has 276 valence electrons. The van der Waals surface area contributed by atoms with Crippen molar-refractivity contribution in [2.24, 2.45) is 4.99 Å². The quantitative estimate of drug-likeness (QED) is 0.265. The number of nitrogens with one attached hydrogen (secondary N) is 2. The molecule has 0 radical (unpaired) electrons. The van der Waals surface area contributed by atoms with Gasteiger partial charge in [0, 0.05) is 73.4 Å². The van der Waals surface area contributed by atoms with E-state index in [1.165, 1.54) is 30.6 Å². The summed E-state index contributed by atoms with van der Waals surface area (Å²) in [4.78, 5) is 54.0. The SMILES string of the molecule is COCC1=C(CN2CCN3C(=O)N(c4ccc(C(NC(=O)OC(C)(C)C)C(=O)OC)cc4)C[C@@H]3C2)NC(c2nccs2)=NC1c1ccc(F)cc1Cl. The third-order valence-electron chi connectivity index (χ3n) is 8.89. The molecule has 0 aliphatic carbocycles. The number of thiazole rings is 1. The summed E-state index contributed by atoms with van der Waals surface area (Å²) in [5, 5.41) is 8.94. The molecule has 3 aliphatic heterocycles. The highest BCUT2D eigenvalue weighted by atomic mass is 35.5. The average Bonchev–Trinajstić information content (AvgIpc) is 3.76. The third kappa shape index (κ3) is 8.22. The van der Waals surface area contributed by atoms with Crippen molar-refractivity contribution in [2.75, 3.05) is 58.5 Å². The van der Waals surface area contributed by atoms with Crippen molar-refractivity contribution < 1.29 is 33.0 Å². The van der Waals surface area contributed by atoms with Crippen molar-refractivity contribution in [2.45, 2.75) is 44.5 Å². The molecule has 2 fully saturated rings. The van der Waals surface area contributed by atoms with Gasteiger partial charge in [-0.25, -0.2) is 23.8 Å². The Morgan fingerprint density at radius 1 is 1.13 bits per heavy atom. The number of methoxy groups -OCH3 is 2. The number of esters is 1. The number of nitrogens with zero attached hydrogens (tertiary/aromatic N) is 5. The van der Waals surface area contributed by atoms with Crippen molar-refractivity contribution in [1.82, 2.24) is 25.4 Å². The Morgan fingerprint density at radius 3 is 2.56 bits per heavy atom. The van der Waals surface area contributed by atoms with Crippen molar-refractivity contribution in [1.29, 1.82) is 0 Å². The van der Waals surface area contributed by atoms with Crippen LogP contribution in [0.5, 0.6) is 0 Å². The second-order valence-electron chi connectivity index (χ2n) is 13.6. The lowest BCUT2D eigenvalue weighted by Gasteiger charge is -2.38. The van der Waals surface area contributed by atoms with Crippen LogP contribution in [0, 0.1) is 5.82 Å². The minimum atomic E-state index is -1.09. The van der Waals surface area contributed by atoms with Crippen LogP contribution in [-0.4, -0.2) is 104 Å². The van der Waals surface area contributed by atoms with Gasteiger partial charge in [0.15, 0.2) is 16.9 Å². The first kappa shape index (κ1) is 37.2. The molecule has 13 nitrogen and oxygen atoms in total. The molecule has 0 bridgehead atoms. The fourth-order valence-electron chi connectivity index (χ4n) is 6.54. The minimum absolute atomic E-state index is 0.0814. The molecule has 3 amide bonds. The van der Waals surface area contributed by atoms with Crippen molar-refractivity contribution in [3.8, 4) is 0 Å². The molecule has 2 saturated heterocycles. The van der Waals surface area contributed by atoms with Crippen molar-refractivity contribution in [3.63, 3.8) is 0 Å². The zero-order chi connectivity index (χ0) is 37.2. The second kappa shape index (κ2) is 15.6. The number of amides is 3. The fraction of sp³-hybridized carbons (Fsp3) is 0.417. The van der Waals surface area contributed by atoms with Crippen molar-refractivity contribution >= 4 is 52.6 Å². The zero-order valence-corrected chi connectivity index (χ0v) is 31.1. The summed E-state index contributed by atoms with van der Waals surface area (Å²) in [6, 6.07) is 9.41. The maximum Gasteiger partial charge on any atom is 0.408 e. The van der Waals surface area contributed by atoms with E-state index < -0.39 is 35.6 Å². The Hall–Kier alpha value is -4.57. The molecule has 3 aliphatic rings. The zero-order valence-electron chi connectivity index (χ0n) is 29.5. The molecule has 2 unspecified atom stereocenters. The summed E-state index contributed by atoms with van der Waals surface area (Å²) in [6.07, 6.45) is 0.963. The predicted molar refractivity (Wildman–Crippen MR) is 195 cm³/mol. The van der Waals surface area contributed by atoms with E-state index in [0.29, 0.717) is 60.4 Å². The van der Waals surface area contributed by atoms with Gasteiger partial charge in [-0.3, -0.25) is 14.8 Å². The van der Waals surface area contributed by atoms with Crippen LogP contribution >= 0.6 is 22.9 Å². The van der Waals surface area contributed by atoms with E-state index in [0.717, 1.165) is 11.3 Å². The first-order chi connectivity index (χ1) is 24.8. The monoisotopic (exact) mass is 753 g/mol. The molecule has 4 heterocycles. The smallest absolute Gasteiger partial charge is 0.408 e. The number of carbonyl (C=O) groups excluding carboxylic acids is 3. The van der Waals surface area contributed by atoms with Gasteiger partial charge in [0.2, 0.25) is 0 Å². The Kier molecular flexibility index (Phi) is 11.1. The van der Waals surface area contributed by atoms with Crippen LogP contribution < -0.4 is 15.5 Å². The van der Waals surface area contributed by atoms with E-state index in [9.17, 15) is 18.8 Å². The van der Waals surface area contributed by atoms with Crippen LogP contribution in [0.15, 0.2) is 70.3 Å². The Balaban J connectivity index is 1.18. The van der Waals surface area contributed by atoms with Crippen LogP contribution in [0.4, 0.5) is 19.7 Å². The van der Waals surface area contributed by atoms with E-state index in [2.05, 4.69) is 20.5 Å². The molecule has 3 aromatic rings. The van der Waals surface area contributed by atoms with E-state index in [1.807, 2.05) is 10.3 Å². The summed E-state index contributed by atoms with van der Waals surface area (Å²) < 4.78 is 29.9. The number of piperazine rings is 1. The van der Waals surface area contributed by atoms with Gasteiger partial charge >= 0.3 is 18.1 Å². The van der Waals surface area contributed by atoms with Gasteiger partial charge in [0.25, 0.3) is 0 Å². The lowest BCUT2D eigenvalue weighted by atomic mass is 9.95. The van der Waals surface area contributed by atoms with E-state index in [4.69, 9.17) is 30.8 Å². The number of fused-ring (bicyclic) bond motifs is 1.